The summed E-state index contributed by atoms with van der Waals surface area (Å²) < 4.78 is 0. The van der Waals surface area contributed by atoms with Gasteiger partial charge < -0.3 is 10.2 Å². The quantitative estimate of drug-likeness (QED) is 0.914. The number of anilines is 2. The summed E-state index contributed by atoms with van der Waals surface area (Å²) in [6.45, 7) is 2.94. The van der Waals surface area contributed by atoms with Crippen LogP contribution in [0.15, 0.2) is 42.6 Å². The topological polar surface area (TPSA) is 69.0 Å². The monoisotopic (exact) mass is 334 g/mol. The lowest BCUT2D eigenvalue weighted by Crippen LogP contribution is -2.43. The number of nitriles is 1. The van der Waals surface area contributed by atoms with Crippen LogP contribution in [0.1, 0.15) is 48.7 Å². The molecule has 1 aromatic heterocycles. The van der Waals surface area contributed by atoms with Crippen LogP contribution in [0.2, 0.25) is 0 Å². The minimum atomic E-state index is 0.000903. The van der Waals surface area contributed by atoms with Crippen LogP contribution in [0, 0.1) is 11.3 Å². The molecule has 1 N–H and O–H groups in total. The van der Waals surface area contributed by atoms with Crippen LogP contribution in [-0.2, 0) is 0 Å². The maximum absolute atomic E-state index is 12.9. The van der Waals surface area contributed by atoms with Gasteiger partial charge in [-0.2, -0.15) is 5.26 Å². The van der Waals surface area contributed by atoms with Crippen molar-refractivity contribution in [3.63, 3.8) is 0 Å². The summed E-state index contributed by atoms with van der Waals surface area (Å²) in [6.07, 6.45) is 5.94. The fourth-order valence-electron chi connectivity index (χ4n) is 3.30. The molecule has 1 fully saturated rings. The van der Waals surface area contributed by atoms with Crippen LogP contribution in [0.4, 0.5) is 11.4 Å². The maximum Gasteiger partial charge on any atom is 0.272 e. The summed E-state index contributed by atoms with van der Waals surface area (Å²) in [5.74, 6) is 0.000903. The van der Waals surface area contributed by atoms with E-state index in [0.29, 0.717) is 17.3 Å². The summed E-state index contributed by atoms with van der Waals surface area (Å²) >= 11 is 0. The maximum atomic E-state index is 12.9. The third kappa shape index (κ3) is 3.97. The SMILES string of the molecule is CCC1CCCCN1C(=O)c1cc(Nc2cccc(C#N)c2)ccn1. The van der Waals surface area contributed by atoms with Gasteiger partial charge in [-0.25, -0.2) is 0 Å². The summed E-state index contributed by atoms with van der Waals surface area (Å²) in [5, 5.41) is 12.2. The van der Waals surface area contributed by atoms with Crippen molar-refractivity contribution in [1.29, 1.82) is 5.26 Å². The first-order valence-electron chi connectivity index (χ1n) is 8.75. The van der Waals surface area contributed by atoms with Gasteiger partial charge in [-0.15, -0.1) is 0 Å². The predicted molar refractivity (Wildman–Crippen MR) is 97.6 cm³/mol. The molecule has 1 aromatic carbocycles. The minimum Gasteiger partial charge on any atom is -0.355 e. The number of carbonyl (C=O) groups excluding carboxylic acids is 1. The van der Waals surface area contributed by atoms with Gasteiger partial charge in [0.25, 0.3) is 5.91 Å². The lowest BCUT2D eigenvalue weighted by molar-refractivity contribution is 0.0602. The molecule has 1 atom stereocenters. The number of nitrogens with zero attached hydrogens (tertiary/aromatic N) is 3. The summed E-state index contributed by atoms with van der Waals surface area (Å²) in [5.41, 5.74) is 2.66. The molecule has 0 radical (unpaired) electrons. The first-order valence-corrected chi connectivity index (χ1v) is 8.75. The standard InChI is InChI=1S/C20H22N4O/c1-2-18-8-3-4-11-24(18)20(25)19-13-17(9-10-22-19)23-16-7-5-6-15(12-16)14-21/h5-7,9-10,12-13,18H,2-4,8,11H2,1H3,(H,22,23). The second-order valence-corrected chi connectivity index (χ2v) is 6.30. The van der Waals surface area contributed by atoms with E-state index in [4.69, 9.17) is 5.26 Å². The number of aromatic nitrogens is 1. The third-order valence-corrected chi connectivity index (χ3v) is 4.62. The molecule has 2 heterocycles. The van der Waals surface area contributed by atoms with Crippen molar-refractivity contribution in [2.24, 2.45) is 0 Å². The molecule has 0 saturated carbocycles. The van der Waals surface area contributed by atoms with E-state index in [-0.39, 0.29) is 5.91 Å². The highest BCUT2D eigenvalue weighted by molar-refractivity contribution is 5.93. The van der Waals surface area contributed by atoms with Crippen LogP contribution >= 0.6 is 0 Å². The van der Waals surface area contributed by atoms with E-state index >= 15 is 0 Å². The number of benzene rings is 1. The number of carbonyl (C=O) groups is 1. The van der Waals surface area contributed by atoms with Crippen LogP contribution in [0.3, 0.4) is 0 Å². The number of likely N-dealkylation sites (tertiary alicyclic amines) is 1. The van der Waals surface area contributed by atoms with Gasteiger partial charge in [0.2, 0.25) is 0 Å². The molecule has 1 saturated heterocycles. The van der Waals surface area contributed by atoms with Crippen molar-refractivity contribution in [2.75, 3.05) is 11.9 Å². The molecule has 0 aliphatic carbocycles. The van der Waals surface area contributed by atoms with E-state index in [0.717, 1.165) is 37.2 Å². The Morgan fingerprint density at radius 1 is 1.32 bits per heavy atom. The largest absolute Gasteiger partial charge is 0.355 e. The second-order valence-electron chi connectivity index (χ2n) is 6.30. The Kier molecular flexibility index (Phi) is 5.30. The number of hydrogen-bond donors (Lipinski definition) is 1. The molecule has 0 spiro atoms. The Labute approximate surface area is 148 Å². The Morgan fingerprint density at radius 2 is 2.16 bits per heavy atom. The highest BCUT2D eigenvalue weighted by Crippen LogP contribution is 2.23. The normalized spacial score (nSPS) is 17.0. The van der Waals surface area contributed by atoms with Crippen molar-refractivity contribution >= 4 is 17.3 Å². The molecular formula is C20H22N4O. The molecular weight excluding hydrogens is 312 g/mol. The van der Waals surface area contributed by atoms with E-state index < -0.39 is 0 Å². The van der Waals surface area contributed by atoms with Crippen LogP contribution < -0.4 is 5.32 Å². The number of amides is 1. The zero-order valence-electron chi connectivity index (χ0n) is 14.4. The van der Waals surface area contributed by atoms with Crippen LogP contribution in [0.25, 0.3) is 0 Å². The van der Waals surface area contributed by atoms with Gasteiger partial charge in [0.1, 0.15) is 5.69 Å². The van der Waals surface area contributed by atoms with E-state index in [1.807, 2.05) is 23.1 Å². The van der Waals surface area contributed by atoms with Gasteiger partial charge >= 0.3 is 0 Å². The van der Waals surface area contributed by atoms with Gasteiger partial charge in [0.15, 0.2) is 0 Å². The second kappa shape index (κ2) is 7.80. The fraction of sp³-hybridized carbons (Fsp3) is 0.350. The summed E-state index contributed by atoms with van der Waals surface area (Å²) in [4.78, 5) is 19.1. The average molecular weight is 334 g/mol. The van der Waals surface area contributed by atoms with Crippen molar-refractivity contribution in [2.45, 2.75) is 38.6 Å². The van der Waals surface area contributed by atoms with Gasteiger partial charge in [-0.05, 0) is 56.0 Å². The van der Waals surface area contributed by atoms with Gasteiger partial charge in [0, 0.05) is 30.2 Å². The Bertz CT molecular complexity index is 796. The minimum absolute atomic E-state index is 0.000903. The molecule has 0 bridgehead atoms. The number of pyridine rings is 1. The van der Waals surface area contributed by atoms with Crippen LogP contribution in [0.5, 0.6) is 0 Å². The number of piperidine rings is 1. The molecule has 2 aromatic rings. The molecule has 1 unspecified atom stereocenters. The lowest BCUT2D eigenvalue weighted by Gasteiger charge is -2.35. The number of rotatable bonds is 4. The van der Waals surface area contributed by atoms with E-state index in [1.54, 1.807) is 24.4 Å². The van der Waals surface area contributed by atoms with Crippen molar-refractivity contribution in [3.8, 4) is 6.07 Å². The Hall–Kier alpha value is -2.87. The van der Waals surface area contributed by atoms with Crippen molar-refractivity contribution in [3.05, 3.63) is 53.9 Å². The molecule has 1 aliphatic heterocycles. The van der Waals surface area contributed by atoms with E-state index in [1.165, 1.54) is 6.42 Å². The van der Waals surface area contributed by atoms with Gasteiger partial charge in [-0.3, -0.25) is 9.78 Å². The number of hydrogen-bond acceptors (Lipinski definition) is 4. The predicted octanol–water partition coefficient (Wildman–Crippen LogP) is 4.10. The highest BCUT2D eigenvalue weighted by Gasteiger charge is 2.26. The molecule has 1 aliphatic rings. The molecule has 128 valence electrons. The van der Waals surface area contributed by atoms with Gasteiger partial charge in [-0.1, -0.05) is 13.0 Å². The molecule has 3 rings (SSSR count). The average Bonchev–Trinajstić information content (AvgIpc) is 2.67. The summed E-state index contributed by atoms with van der Waals surface area (Å²) in [7, 11) is 0. The molecule has 25 heavy (non-hydrogen) atoms. The zero-order valence-corrected chi connectivity index (χ0v) is 14.4. The summed E-state index contributed by atoms with van der Waals surface area (Å²) in [6, 6.07) is 13.3. The molecule has 5 heteroatoms. The highest BCUT2D eigenvalue weighted by atomic mass is 16.2. The van der Waals surface area contributed by atoms with Crippen molar-refractivity contribution in [1.82, 2.24) is 9.88 Å². The van der Waals surface area contributed by atoms with E-state index in [9.17, 15) is 4.79 Å². The zero-order chi connectivity index (χ0) is 17.6. The van der Waals surface area contributed by atoms with E-state index in [2.05, 4.69) is 23.3 Å². The molecule has 5 nitrogen and oxygen atoms in total. The third-order valence-electron chi connectivity index (χ3n) is 4.62. The smallest absolute Gasteiger partial charge is 0.272 e. The first-order chi connectivity index (χ1) is 12.2. The first kappa shape index (κ1) is 17.0. The molecule has 1 amide bonds. The fourth-order valence-corrected chi connectivity index (χ4v) is 3.30. The number of nitrogens with one attached hydrogen (secondary N) is 1. The van der Waals surface area contributed by atoms with Gasteiger partial charge in [0.05, 0.1) is 11.6 Å². The van der Waals surface area contributed by atoms with Crippen LogP contribution in [-0.4, -0.2) is 28.4 Å². The lowest BCUT2D eigenvalue weighted by atomic mass is 9.99. The Morgan fingerprint density at radius 3 is 2.96 bits per heavy atom. The van der Waals surface area contributed by atoms with Crippen molar-refractivity contribution < 1.29 is 4.79 Å². The Balaban J connectivity index is 1.78.